The summed E-state index contributed by atoms with van der Waals surface area (Å²) in [5, 5.41) is 2.20. The van der Waals surface area contributed by atoms with Crippen molar-refractivity contribution in [3.63, 3.8) is 0 Å². The number of nitrogens with zero attached hydrogens (tertiary/aromatic N) is 2. The third-order valence-corrected chi connectivity index (χ3v) is 4.10. The highest BCUT2D eigenvalue weighted by Gasteiger charge is 2.30. The largest absolute Gasteiger partial charge is 0.284 e. The molecule has 1 aromatic rings. The van der Waals surface area contributed by atoms with Crippen LogP contribution in [-0.2, 0) is 4.79 Å². The fourth-order valence-electron chi connectivity index (χ4n) is 2.30. The Balaban J connectivity index is 2.20. The number of anilines is 1. The Morgan fingerprint density at radius 1 is 1.53 bits per heavy atom. The molecule has 0 aliphatic heterocycles. The van der Waals surface area contributed by atoms with Gasteiger partial charge in [0.15, 0.2) is 5.13 Å². The van der Waals surface area contributed by atoms with Gasteiger partial charge in [0.1, 0.15) is 5.38 Å². The third-order valence-electron chi connectivity index (χ3n) is 3.14. The summed E-state index contributed by atoms with van der Waals surface area (Å²) >= 11 is 7.45. The number of thiazole rings is 1. The maximum Gasteiger partial charge on any atom is 0.246 e. The van der Waals surface area contributed by atoms with Gasteiger partial charge in [-0.1, -0.05) is 19.3 Å². The molecule has 1 amide bonds. The van der Waals surface area contributed by atoms with Gasteiger partial charge in [0.25, 0.3) is 0 Å². The molecule has 0 spiro atoms. The highest BCUT2D eigenvalue weighted by Crippen LogP contribution is 2.29. The van der Waals surface area contributed by atoms with Gasteiger partial charge in [0, 0.05) is 17.6 Å². The summed E-state index contributed by atoms with van der Waals surface area (Å²) < 4.78 is 0. The number of hydrogen-bond donors (Lipinski definition) is 0. The van der Waals surface area contributed by atoms with Gasteiger partial charge in [-0.05, 0) is 19.8 Å². The molecule has 0 unspecified atom stereocenters. The number of rotatable bonds is 3. The van der Waals surface area contributed by atoms with Crippen molar-refractivity contribution in [1.82, 2.24) is 4.98 Å². The van der Waals surface area contributed by atoms with Gasteiger partial charge in [-0.15, -0.1) is 22.9 Å². The molecule has 1 atom stereocenters. The molecule has 1 aliphatic carbocycles. The van der Waals surface area contributed by atoms with Gasteiger partial charge < -0.3 is 0 Å². The second kappa shape index (κ2) is 5.83. The lowest BCUT2D eigenvalue weighted by molar-refractivity contribution is -0.118. The lowest BCUT2D eigenvalue weighted by Gasteiger charge is -2.33. The van der Waals surface area contributed by atoms with Crippen molar-refractivity contribution in [3.8, 4) is 0 Å². The predicted molar refractivity (Wildman–Crippen MR) is 71.8 cm³/mol. The van der Waals surface area contributed by atoms with E-state index in [1.54, 1.807) is 13.1 Å². The summed E-state index contributed by atoms with van der Waals surface area (Å²) in [7, 11) is 0. The molecule has 1 heterocycles. The van der Waals surface area contributed by atoms with Crippen molar-refractivity contribution in [3.05, 3.63) is 11.6 Å². The van der Waals surface area contributed by atoms with E-state index in [1.165, 1.54) is 30.6 Å². The molecular weight excluding hydrogens is 256 g/mol. The van der Waals surface area contributed by atoms with Crippen molar-refractivity contribution in [2.75, 3.05) is 4.90 Å². The highest BCUT2D eigenvalue weighted by atomic mass is 35.5. The zero-order valence-corrected chi connectivity index (χ0v) is 11.5. The van der Waals surface area contributed by atoms with Crippen molar-refractivity contribution in [2.45, 2.75) is 50.4 Å². The second-order valence-corrected chi connectivity index (χ2v) is 5.96. The van der Waals surface area contributed by atoms with E-state index < -0.39 is 5.38 Å². The van der Waals surface area contributed by atoms with Crippen LogP contribution in [0, 0.1) is 0 Å². The van der Waals surface area contributed by atoms with E-state index in [2.05, 4.69) is 4.98 Å². The van der Waals surface area contributed by atoms with E-state index in [0.29, 0.717) is 0 Å². The average Bonchev–Trinajstić information content (AvgIpc) is 2.84. The van der Waals surface area contributed by atoms with Crippen molar-refractivity contribution < 1.29 is 4.79 Å². The molecule has 94 valence electrons. The van der Waals surface area contributed by atoms with Crippen LogP contribution in [0.4, 0.5) is 5.13 Å². The third kappa shape index (κ3) is 2.99. The fraction of sp³-hybridized carbons (Fsp3) is 0.667. The Kier molecular flexibility index (Phi) is 4.40. The Morgan fingerprint density at radius 3 is 2.76 bits per heavy atom. The van der Waals surface area contributed by atoms with Crippen LogP contribution in [0.5, 0.6) is 0 Å². The van der Waals surface area contributed by atoms with Crippen molar-refractivity contribution in [2.24, 2.45) is 0 Å². The summed E-state index contributed by atoms with van der Waals surface area (Å²) in [4.78, 5) is 18.3. The minimum absolute atomic E-state index is 0.0199. The van der Waals surface area contributed by atoms with Crippen molar-refractivity contribution >= 4 is 34.0 Å². The normalized spacial score (nSPS) is 18.9. The maximum absolute atomic E-state index is 12.2. The quantitative estimate of drug-likeness (QED) is 0.790. The van der Waals surface area contributed by atoms with Gasteiger partial charge in [0.2, 0.25) is 5.91 Å². The van der Waals surface area contributed by atoms with Crippen molar-refractivity contribution in [1.29, 1.82) is 0 Å². The Hall–Kier alpha value is -0.610. The van der Waals surface area contributed by atoms with Gasteiger partial charge in [-0.25, -0.2) is 4.98 Å². The molecule has 5 heteroatoms. The minimum atomic E-state index is -0.485. The SMILES string of the molecule is C[C@H](Cl)C(=O)N(c1nccs1)C1CCCCC1. The van der Waals surface area contributed by atoms with E-state index in [-0.39, 0.29) is 11.9 Å². The highest BCUT2D eigenvalue weighted by molar-refractivity contribution is 7.13. The minimum Gasteiger partial charge on any atom is -0.284 e. The Bertz CT molecular complexity index is 361. The van der Waals surface area contributed by atoms with Crippen LogP contribution in [0.1, 0.15) is 39.0 Å². The van der Waals surface area contributed by atoms with Crippen LogP contribution < -0.4 is 4.90 Å². The maximum atomic E-state index is 12.2. The molecule has 0 radical (unpaired) electrons. The summed E-state index contributed by atoms with van der Waals surface area (Å²) in [6.07, 6.45) is 7.52. The molecule has 1 fully saturated rings. The van der Waals surface area contributed by atoms with Gasteiger partial charge in [-0.2, -0.15) is 0 Å². The fourth-order valence-corrected chi connectivity index (χ4v) is 3.12. The first-order valence-electron chi connectivity index (χ1n) is 6.07. The molecule has 2 rings (SSSR count). The topological polar surface area (TPSA) is 33.2 Å². The van der Waals surface area contributed by atoms with E-state index in [4.69, 9.17) is 11.6 Å². The lowest BCUT2D eigenvalue weighted by Crippen LogP contribution is -2.44. The number of aromatic nitrogens is 1. The number of carbonyl (C=O) groups excluding carboxylic acids is 1. The zero-order valence-electron chi connectivity index (χ0n) is 9.93. The smallest absolute Gasteiger partial charge is 0.246 e. The first-order valence-corrected chi connectivity index (χ1v) is 7.38. The van der Waals surface area contributed by atoms with Crippen LogP contribution >= 0.6 is 22.9 Å². The standard InChI is InChI=1S/C12H17ClN2OS/c1-9(13)11(16)15(12-14-7-8-17-12)10-5-3-2-4-6-10/h7-10H,2-6H2,1H3/t9-/m0/s1. The zero-order chi connectivity index (χ0) is 12.3. The molecule has 1 aromatic heterocycles. The predicted octanol–water partition coefficient (Wildman–Crippen LogP) is 3.44. The first-order chi connectivity index (χ1) is 8.20. The number of amides is 1. The van der Waals surface area contributed by atoms with Crippen LogP contribution in [0.15, 0.2) is 11.6 Å². The summed E-state index contributed by atoms with van der Waals surface area (Å²) in [5.74, 6) is -0.0199. The van der Waals surface area contributed by atoms with Gasteiger partial charge in [-0.3, -0.25) is 9.69 Å². The second-order valence-electron chi connectivity index (χ2n) is 4.43. The molecule has 0 aromatic carbocycles. The van der Waals surface area contributed by atoms with E-state index >= 15 is 0 Å². The Morgan fingerprint density at radius 2 is 2.24 bits per heavy atom. The van der Waals surface area contributed by atoms with E-state index in [0.717, 1.165) is 18.0 Å². The number of alkyl halides is 1. The van der Waals surface area contributed by atoms with Crippen LogP contribution in [0.2, 0.25) is 0 Å². The number of hydrogen-bond acceptors (Lipinski definition) is 3. The monoisotopic (exact) mass is 272 g/mol. The number of halogens is 1. The molecular formula is C12H17ClN2OS. The average molecular weight is 273 g/mol. The molecule has 0 N–H and O–H groups in total. The molecule has 0 bridgehead atoms. The number of carbonyl (C=O) groups is 1. The first kappa shape index (κ1) is 12.8. The van der Waals surface area contributed by atoms with E-state index in [1.807, 2.05) is 10.3 Å². The lowest BCUT2D eigenvalue weighted by atomic mass is 9.94. The van der Waals surface area contributed by atoms with Crippen LogP contribution in [-0.4, -0.2) is 22.3 Å². The molecule has 17 heavy (non-hydrogen) atoms. The summed E-state index contributed by atoms with van der Waals surface area (Å²) in [6.45, 7) is 1.73. The van der Waals surface area contributed by atoms with Crippen LogP contribution in [0.25, 0.3) is 0 Å². The van der Waals surface area contributed by atoms with Gasteiger partial charge in [0.05, 0.1) is 0 Å². The molecule has 3 nitrogen and oxygen atoms in total. The molecule has 1 aliphatic rings. The summed E-state index contributed by atoms with van der Waals surface area (Å²) in [6, 6.07) is 0.281. The van der Waals surface area contributed by atoms with Crippen LogP contribution in [0.3, 0.4) is 0 Å². The van der Waals surface area contributed by atoms with Gasteiger partial charge >= 0.3 is 0 Å². The summed E-state index contributed by atoms with van der Waals surface area (Å²) in [5.41, 5.74) is 0. The Labute approximate surface area is 111 Å². The van der Waals surface area contributed by atoms with E-state index in [9.17, 15) is 4.79 Å². The molecule has 0 saturated heterocycles. The molecule has 1 saturated carbocycles.